The highest BCUT2D eigenvalue weighted by Crippen LogP contribution is 2.26. The Morgan fingerprint density at radius 2 is 1.89 bits per heavy atom. The van der Waals surface area contributed by atoms with Gasteiger partial charge in [0.25, 0.3) is 0 Å². The van der Waals surface area contributed by atoms with Crippen molar-refractivity contribution in [3.63, 3.8) is 0 Å². The summed E-state index contributed by atoms with van der Waals surface area (Å²) in [6.45, 7) is 4.65. The quantitative estimate of drug-likeness (QED) is 0.357. The predicted molar refractivity (Wildman–Crippen MR) is 73.0 cm³/mol. The van der Waals surface area contributed by atoms with Gasteiger partial charge in [-0.3, -0.25) is 9.80 Å². The Morgan fingerprint density at radius 1 is 1.33 bits per heavy atom. The summed E-state index contributed by atoms with van der Waals surface area (Å²) in [4.78, 5) is 9.31. The van der Waals surface area contributed by atoms with E-state index in [2.05, 4.69) is 0 Å². The van der Waals surface area contributed by atoms with Gasteiger partial charge in [0.15, 0.2) is 0 Å². The molecule has 1 rings (SSSR count). The van der Waals surface area contributed by atoms with E-state index in [1.54, 1.807) is 5.01 Å². The highest BCUT2D eigenvalue weighted by molar-refractivity contribution is 5.57. The molecule has 102 valence electrons. The Kier molecular flexibility index (Phi) is 7.50. The monoisotopic (exact) mass is 254 g/mol. The number of carbonyl (C=O) groups is 1. The maximum atomic E-state index is 9.31. The summed E-state index contributed by atoms with van der Waals surface area (Å²) in [5.41, 5.74) is 2.07. The van der Waals surface area contributed by atoms with Gasteiger partial charge in [0.1, 0.15) is 5.75 Å². The van der Waals surface area contributed by atoms with Gasteiger partial charge in [0, 0.05) is 19.7 Å². The maximum absolute atomic E-state index is 9.31. The molecule has 6 nitrogen and oxygen atoms in total. The number of anilines is 1. The average molecular weight is 254 g/mol. The van der Waals surface area contributed by atoms with Crippen molar-refractivity contribution in [3.8, 4) is 5.75 Å². The largest absolute Gasteiger partial charge is 0.494 e. The minimum Gasteiger partial charge on any atom is -0.494 e. The van der Waals surface area contributed by atoms with Gasteiger partial charge in [-0.2, -0.15) is 0 Å². The number of nitrogens with two attached hydrogens (primary N) is 2. The Morgan fingerprint density at radius 3 is 2.28 bits per heavy atom. The molecule has 18 heavy (non-hydrogen) atoms. The van der Waals surface area contributed by atoms with Crippen LogP contribution >= 0.6 is 0 Å². The van der Waals surface area contributed by atoms with Crippen LogP contribution in [0.3, 0.4) is 0 Å². The summed E-state index contributed by atoms with van der Waals surface area (Å²) in [7, 11) is 3.28. The van der Waals surface area contributed by atoms with Crippen molar-refractivity contribution >= 4 is 12.1 Å². The molecule has 0 atom stereocenters. The van der Waals surface area contributed by atoms with Crippen LogP contribution in [-0.2, 0) is 4.79 Å². The number of amides is 1. The molecule has 0 saturated carbocycles. The average Bonchev–Trinajstić information content (AvgIpc) is 2.32. The van der Waals surface area contributed by atoms with E-state index in [0.29, 0.717) is 13.0 Å². The molecule has 0 unspecified atom stereocenters. The van der Waals surface area contributed by atoms with Crippen molar-refractivity contribution in [2.24, 2.45) is 11.7 Å². The zero-order valence-electron chi connectivity index (χ0n) is 11.4. The fraction of sp³-hybridized carbons (Fsp3) is 0.417. The number of carbonyl (C=O) groups excluding carboxylic acids is 1. The molecule has 0 fully saturated rings. The molecule has 1 aromatic rings. The van der Waals surface area contributed by atoms with E-state index in [9.17, 15) is 4.79 Å². The molecule has 4 N–H and O–H groups in total. The van der Waals surface area contributed by atoms with Crippen molar-refractivity contribution in [1.82, 2.24) is 5.01 Å². The summed E-state index contributed by atoms with van der Waals surface area (Å²) in [6.07, 6.45) is 0.528. The second-order valence-electron chi connectivity index (χ2n) is 3.72. The first-order valence-electron chi connectivity index (χ1n) is 5.57. The fourth-order valence-electron chi connectivity index (χ4n) is 1.30. The van der Waals surface area contributed by atoms with Gasteiger partial charge in [0.2, 0.25) is 6.41 Å². The Labute approximate surface area is 108 Å². The van der Waals surface area contributed by atoms with Crippen molar-refractivity contribution in [1.29, 1.82) is 0 Å². The van der Waals surface area contributed by atoms with Crippen LogP contribution in [-0.4, -0.2) is 32.1 Å². The molecular formula is C12H22N4O2. The van der Waals surface area contributed by atoms with E-state index in [1.165, 1.54) is 7.05 Å². The predicted octanol–water partition coefficient (Wildman–Crippen LogP) is 0.652. The number of hydrazine groups is 2. The van der Waals surface area contributed by atoms with Crippen LogP contribution in [0.15, 0.2) is 18.2 Å². The molecule has 0 aliphatic rings. The van der Waals surface area contributed by atoms with Crippen LogP contribution < -0.4 is 21.4 Å². The van der Waals surface area contributed by atoms with Gasteiger partial charge >= 0.3 is 0 Å². The van der Waals surface area contributed by atoms with Crippen LogP contribution in [0.1, 0.15) is 12.5 Å². The van der Waals surface area contributed by atoms with Gasteiger partial charge in [0.05, 0.1) is 12.3 Å². The number of nitrogens with zero attached hydrogens (tertiary/aromatic N) is 2. The Hall–Kier alpha value is -1.79. The van der Waals surface area contributed by atoms with Crippen LogP contribution in [0.2, 0.25) is 0 Å². The lowest BCUT2D eigenvalue weighted by atomic mass is 10.2. The maximum Gasteiger partial charge on any atom is 0.223 e. The zero-order chi connectivity index (χ0) is 14.1. The van der Waals surface area contributed by atoms with Gasteiger partial charge in [-0.25, -0.2) is 11.7 Å². The molecule has 0 radical (unpaired) electrons. The third-order valence-corrected chi connectivity index (χ3v) is 2.10. The second-order valence-corrected chi connectivity index (χ2v) is 3.72. The van der Waals surface area contributed by atoms with Crippen LogP contribution in [0, 0.1) is 6.92 Å². The molecule has 0 aliphatic heterocycles. The lowest BCUT2D eigenvalue weighted by molar-refractivity contribution is -0.117. The van der Waals surface area contributed by atoms with E-state index in [0.717, 1.165) is 22.0 Å². The minimum absolute atomic E-state index is 0.528. The number of hydrogen-bond acceptors (Lipinski definition) is 5. The molecule has 1 amide bonds. The summed E-state index contributed by atoms with van der Waals surface area (Å²) < 4.78 is 5.45. The number of hydrogen-bond donors (Lipinski definition) is 2. The molecule has 0 saturated heterocycles. The van der Waals surface area contributed by atoms with Crippen LogP contribution in [0.5, 0.6) is 5.75 Å². The first kappa shape index (κ1) is 16.2. The topological polar surface area (TPSA) is 84.8 Å². The number of ether oxygens (including phenoxy) is 1. The molecule has 0 bridgehead atoms. The van der Waals surface area contributed by atoms with E-state index in [-0.39, 0.29) is 0 Å². The minimum atomic E-state index is 0.528. The molecule has 1 aromatic carbocycles. The molecule has 6 heteroatoms. The summed E-state index contributed by atoms with van der Waals surface area (Å²) in [5, 5.41) is 2.54. The summed E-state index contributed by atoms with van der Waals surface area (Å²) >= 11 is 0. The summed E-state index contributed by atoms with van der Waals surface area (Å²) in [6, 6.07) is 5.86. The smallest absolute Gasteiger partial charge is 0.223 e. The van der Waals surface area contributed by atoms with Crippen molar-refractivity contribution in [2.45, 2.75) is 13.8 Å². The van der Waals surface area contributed by atoms with Crippen LogP contribution in [0.4, 0.5) is 5.69 Å². The summed E-state index contributed by atoms with van der Waals surface area (Å²) in [5.74, 6) is 11.3. The zero-order valence-corrected chi connectivity index (χ0v) is 11.4. The van der Waals surface area contributed by atoms with E-state index < -0.39 is 0 Å². The molecular weight excluding hydrogens is 232 g/mol. The highest BCUT2D eigenvalue weighted by Gasteiger charge is 2.05. The van der Waals surface area contributed by atoms with Crippen molar-refractivity contribution in [3.05, 3.63) is 23.8 Å². The first-order valence-corrected chi connectivity index (χ1v) is 5.57. The third-order valence-electron chi connectivity index (χ3n) is 2.10. The van der Waals surface area contributed by atoms with E-state index in [1.807, 2.05) is 39.1 Å². The molecule has 0 aromatic heterocycles. The fourth-order valence-corrected chi connectivity index (χ4v) is 1.30. The van der Waals surface area contributed by atoms with E-state index in [4.69, 9.17) is 16.4 Å². The van der Waals surface area contributed by atoms with Crippen molar-refractivity contribution in [2.75, 3.05) is 25.7 Å². The normalized spacial score (nSPS) is 9.00. The van der Waals surface area contributed by atoms with Crippen molar-refractivity contribution < 1.29 is 9.53 Å². The molecule has 0 spiro atoms. The van der Waals surface area contributed by atoms with Gasteiger partial charge in [-0.15, -0.1) is 0 Å². The number of rotatable bonds is 4. The van der Waals surface area contributed by atoms with Crippen LogP contribution in [0.25, 0.3) is 0 Å². The molecule has 0 heterocycles. The third kappa shape index (κ3) is 5.51. The van der Waals surface area contributed by atoms with Gasteiger partial charge < -0.3 is 9.75 Å². The van der Waals surface area contributed by atoms with Gasteiger partial charge in [-0.1, -0.05) is 6.07 Å². The number of benzene rings is 1. The first-order chi connectivity index (χ1) is 8.43. The standard InChI is InChI=1S/C10H16N2O.C2H6N2O/c1-4-13-10-7-5-6-9(8(10)2)12(3)11;1-4(3)2-5/h5-7H,4,11H2,1-3H3;2H,3H2,1H3. The SMILES string of the molecule is CCOc1cccc(N(C)N)c1C.CN(N)C=O. The Bertz CT molecular complexity index is 367. The lowest BCUT2D eigenvalue weighted by Gasteiger charge is -2.17. The van der Waals surface area contributed by atoms with Gasteiger partial charge in [-0.05, 0) is 26.0 Å². The highest BCUT2D eigenvalue weighted by atomic mass is 16.5. The lowest BCUT2D eigenvalue weighted by Crippen LogP contribution is -2.25. The molecule has 0 aliphatic carbocycles. The second kappa shape index (κ2) is 8.32. The van der Waals surface area contributed by atoms with E-state index >= 15 is 0 Å². The Balaban J connectivity index is 0.000000494.